The molecule has 0 fully saturated rings. The van der Waals surface area contributed by atoms with Crippen LogP contribution < -0.4 is 4.90 Å². The van der Waals surface area contributed by atoms with Crippen LogP contribution in [0.5, 0.6) is 0 Å². The molecule has 1 aliphatic rings. The van der Waals surface area contributed by atoms with Gasteiger partial charge in [0.2, 0.25) is 0 Å². The minimum absolute atomic E-state index is 0.447. The van der Waals surface area contributed by atoms with Crippen molar-refractivity contribution in [3.05, 3.63) is 175 Å². The minimum atomic E-state index is 0.447. The highest BCUT2D eigenvalue weighted by atomic mass is 15.1. The molecule has 0 saturated carbocycles. The van der Waals surface area contributed by atoms with E-state index in [1.165, 1.54) is 82.9 Å². The molecule has 0 heterocycles. The molecule has 0 aliphatic heterocycles. The van der Waals surface area contributed by atoms with Crippen molar-refractivity contribution in [2.75, 3.05) is 4.90 Å². The van der Waals surface area contributed by atoms with Gasteiger partial charge in [-0.2, -0.15) is 0 Å². The molecule has 0 atom stereocenters. The van der Waals surface area contributed by atoms with Gasteiger partial charge in [-0.1, -0.05) is 135 Å². The Hall–Kier alpha value is -5.92. The van der Waals surface area contributed by atoms with E-state index in [0.717, 1.165) is 11.4 Å². The summed E-state index contributed by atoms with van der Waals surface area (Å²) in [5.41, 5.74) is 16.7. The molecule has 0 unspecified atom stereocenters. The molecule has 8 aromatic carbocycles. The fourth-order valence-corrected chi connectivity index (χ4v) is 7.79. The average molecular weight is 628 g/mol. The lowest BCUT2D eigenvalue weighted by Crippen LogP contribution is -2.12. The summed E-state index contributed by atoms with van der Waals surface area (Å²) >= 11 is 0. The van der Waals surface area contributed by atoms with Crippen LogP contribution >= 0.6 is 0 Å². The van der Waals surface area contributed by atoms with Crippen molar-refractivity contribution in [1.82, 2.24) is 0 Å². The zero-order chi connectivity index (χ0) is 33.1. The lowest BCUT2D eigenvalue weighted by Gasteiger charge is -2.33. The van der Waals surface area contributed by atoms with E-state index in [-0.39, 0.29) is 0 Å². The fourth-order valence-electron chi connectivity index (χ4n) is 7.79. The normalized spacial score (nSPS) is 11.8. The molecule has 234 valence electrons. The van der Waals surface area contributed by atoms with Gasteiger partial charge < -0.3 is 4.90 Å². The number of fused-ring (bicyclic) bond motifs is 6. The predicted octanol–water partition coefficient (Wildman–Crippen LogP) is 13.9. The van der Waals surface area contributed by atoms with Crippen molar-refractivity contribution in [3.8, 4) is 44.5 Å². The molecule has 0 amide bonds. The third-order valence-electron chi connectivity index (χ3n) is 10.3. The zero-order valence-electron chi connectivity index (χ0n) is 28.1. The maximum Gasteiger partial charge on any atom is 0.0493 e. The van der Waals surface area contributed by atoms with Crippen LogP contribution in [0.2, 0.25) is 0 Å². The number of nitrogens with zero attached hydrogens (tertiary/aromatic N) is 1. The maximum atomic E-state index is 2.44. The largest absolute Gasteiger partial charge is 0.310 e. The standard InChI is InChI=1S/C48H37N/c1-31(2)35-24-23-32(3)44(30-35)49(38-19-11-6-12-20-38)39-26-25-36-28-42-43(29-37(36)27-39)48-46(34-17-9-5-10-18-34)41-22-14-13-21-40(41)45(47(42)48)33-15-7-4-8-16-33/h4-31H,1-3H3. The summed E-state index contributed by atoms with van der Waals surface area (Å²) in [6.45, 7) is 6.75. The first kappa shape index (κ1) is 29.2. The van der Waals surface area contributed by atoms with Crippen molar-refractivity contribution in [1.29, 1.82) is 0 Å². The molecule has 0 radical (unpaired) electrons. The molecule has 0 saturated heterocycles. The predicted molar refractivity (Wildman–Crippen MR) is 210 cm³/mol. The average Bonchev–Trinajstić information content (AvgIpc) is 3.15. The van der Waals surface area contributed by atoms with Crippen molar-refractivity contribution in [2.24, 2.45) is 0 Å². The number of hydrogen-bond acceptors (Lipinski definition) is 1. The molecule has 0 spiro atoms. The van der Waals surface area contributed by atoms with Crippen LogP contribution in [0, 0.1) is 6.92 Å². The number of hydrogen-bond donors (Lipinski definition) is 0. The van der Waals surface area contributed by atoms with Crippen LogP contribution in [0.3, 0.4) is 0 Å². The summed E-state index contributed by atoms with van der Waals surface area (Å²) in [6.07, 6.45) is 0. The first-order chi connectivity index (χ1) is 24.1. The third kappa shape index (κ3) is 4.77. The van der Waals surface area contributed by atoms with Gasteiger partial charge in [-0.15, -0.1) is 0 Å². The summed E-state index contributed by atoms with van der Waals surface area (Å²) < 4.78 is 0. The van der Waals surface area contributed by atoms with E-state index in [4.69, 9.17) is 0 Å². The Morgan fingerprint density at radius 1 is 0.429 bits per heavy atom. The minimum Gasteiger partial charge on any atom is -0.310 e. The van der Waals surface area contributed by atoms with E-state index in [0.29, 0.717) is 5.92 Å². The van der Waals surface area contributed by atoms with Crippen LogP contribution in [-0.4, -0.2) is 0 Å². The smallest absolute Gasteiger partial charge is 0.0493 e. The molecular weight excluding hydrogens is 591 g/mol. The molecule has 1 nitrogen and oxygen atoms in total. The highest BCUT2D eigenvalue weighted by molar-refractivity contribution is 6.26. The molecule has 0 N–H and O–H groups in total. The van der Waals surface area contributed by atoms with Gasteiger partial charge in [0.1, 0.15) is 0 Å². The second-order valence-corrected chi connectivity index (χ2v) is 13.6. The Balaban J connectivity index is 1.29. The van der Waals surface area contributed by atoms with Crippen LogP contribution in [0.1, 0.15) is 30.9 Å². The summed E-state index contributed by atoms with van der Waals surface area (Å²) in [6, 6.07) is 60.3. The van der Waals surface area contributed by atoms with Crippen LogP contribution in [0.15, 0.2) is 164 Å². The van der Waals surface area contributed by atoms with Crippen LogP contribution in [0.25, 0.3) is 66.1 Å². The number of benzene rings is 8. The first-order valence-electron chi connectivity index (χ1n) is 17.3. The summed E-state index contributed by atoms with van der Waals surface area (Å²) in [5.74, 6) is 0.447. The zero-order valence-corrected chi connectivity index (χ0v) is 28.1. The lowest BCUT2D eigenvalue weighted by molar-refractivity contribution is 0.865. The Bertz CT molecular complexity index is 2510. The van der Waals surface area contributed by atoms with Crippen molar-refractivity contribution in [2.45, 2.75) is 26.7 Å². The molecule has 1 aliphatic carbocycles. The quantitative estimate of drug-likeness (QED) is 0.177. The van der Waals surface area contributed by atoms with Gasteiger partial charge in [0, 0.05) is 17.1 Å². The number of anilines is 3. The fraction of sp³-hybridized carbons (Fsp3) is 0.0833. The van der Waals surface area contributed by atoms with Gasteiger partial charge in [-0.3, -0.25) is 0 Å². The SMILES string of the molecule is Cc1ccc(C(C)C)cc1N(c1ccccc1)c1ccc2cc3c(cc2c1)-c1c-3c(-c2ccccc2)c2ccccc2c1-c1ccccc1. The number of aryl methyl sites for hydroxylation is 1. The summed E-state index contributed by atoms with van der Waals surface area (Å²) in [7, 11) is 0. The lowest BCUT2D eigenvalue weighted by atomic mass is 9.70. The molecule has 1 heteroatoms. The highest BCUT2D eigenvalue weighted by Gasteiger charge is 2.32. The maximum absolute atomic E-state index is 2.44. The van der Waals surface area contributed by atoms with Gasteiger partial charge in [-0.25, -0.2) is 0 Å². The van der Waals surface area contributed by atoms with Crippen molar-refractivity contribution < 1.29 is 0 Å². The Kier molecular flexibility index (Phi) is 6.95. The molecule has 0 bridgehead atoms. The van der Waals surface area contributed by atoms with Crippen LogP contribution in [-0.2, 0) is 0 Å². The van der Waals surface area contributed by atoms with Gasteiger partial charge in [0.15, 0.2) is 0 Å². The van der Waals surface area contributed by atoms with Gasteiger partial charge >= 0.3 is 0 Å². The van der Waals surface area contributed by atoms with Gasteiger partial charge in [0.25, 0.3) is 0 Å². The monoisotopic (exact) mass is 627 g/mol. The second-order valence-electron chi connectivity index (χ2n) is 13.6. The molecular formula is C48H37N. The van der Waals surface area contributed by atoms with E-state index in [9.17, 15) is 0 Å². The van der Waals surface area contributed by atoms with E-state index in [1.54, 1.807) is 0 Å². The third-order valence-corrected chi connectivity index (χ3v) is 10.3. The topological polar surface area (TPSA) is 3.24 Å². The number of para-hydroxylation sites is 1. The van der Waals surface area contributed by atoms with E-state index in [1.807, 2.05) is 0 Å². The molecule has 9 rings (SSSR count). The van der Waals surface area contributed by atoms with Crippen LogP contribution in [0.4, 0.5) is 17.1 Å². The number of rotatable bonds is 6. The van der Waals surface area contributed by atoms with E-state index < -0.39 is 0 Å². The van der Waals surface area contributed by atoms with Crippen molar-refractivity contribution >= 4 is 38.6 Å². The second kappa shape index (κ2) is 11.6. The molecule has 49 heavy (non-hydrogen) atoms. The Morgan fingerprint density at radius 3 is 1.53 bits per heavy atom. The van der Waals surface area contributed by atoms with Crippen molar-refractivity contribution in [3.63, 3.8) is 0 Å². The van der Waals surface area contributed by atoms with Gasteiger partial charge in [-0.05, 0) is 132 Å². The summed E-state index contributed by atoms with van der Waals surface area (Å²) in [5, 5.41) is 5.09. The Morgan fingerprint density at radius 2 is 0.959 bits per heavy atom. The Labute approximate surface area is 288 Å². The van der Waals surface area contributed by atoms with E-state index >= 15 is 0 Å². The first-order valence-corrected chi connectivity index (χ1v) is 17.3. The molecule has 0 aromatic heterocycles. The highest BCUT2D eigenvalue weighted by Crippen LogP contribution is 2.59. The summed E-state index contributed by atoms with van der Waals surface area (Å²) in [4.78, 5) is 2.42. The molecule has 8 aromatic rings. The van der Waals surface area contributed by atoms with Gasteiger partial charge in [0.05, 0.1) is 0 Å². The van der Waals surface area contributed by atoms with E-state index in [2.05, 4.69) is 189 Å².